The summed E-state index contributed by atoms with van der Waals surface area (Å²) in [6, 6.07) is 0. The smallest absolute Gasteiger partial charge is 0.234 e. The lowest BCUT2D eigenvalue weighted by molar-refractivity contribution is -0.704. The highest BCUT2D eigenvalue weighted by Gasteiger charge is 2.16. The van der Waals surface area contributed by atoms with Crippen molar-refractivity contribution >= 4 is 0 Å². The normalized spacial score (nSPS) is 11.7. The minimum Gasteiger partial charge on any atom is -0.234 e. The number of nitrogens with zero attached hydrogens (tertiary/aromatic N) is 2. The quantitative estimate of drug-likeness (QED) is 0.0474. The number of hydrogen-bond donors (Lipinski definition) is 0. The summed E-state index contributed by atoms with van der Waals surface area (Å²) in [4.78, 5) is 0. The molecule has 0 amide bonds. The maximum absolute atomic E-state index is 2.65. The van der Waals surface area contributed by atoms with E-state index in [-0.39, 0.29) is 0 Å². The Bertz CT molecular complexity index is 766. The first-order chi connectivity index (χ1) is 24.8. The molecule has 296 valence electrons. The van der Waals surface area contributed by atoms with Gasteiger partial charge in [-0.3, -0.25) is 0 Å². The van der Waals surface area contributed by atoms with Gasteiger partial charge in [-0.1, -0.05) is 239 Å². The number of unbranched alkanes of at least 4 members (excludes halogenated alkanes) is 36. The van der Waals surface area contributed by atoms with Gasteiger partial charge in [-0.25, -0.2) is 9.13 Å². The molecule has 0 aliphatic heterocycles. The van der Waals surface area contributed by atoms with E-state index in [1.807, 2.05) is 0 Å². The molecule has 2 nitrogen and oxygen atoms in total. The zero-order valence-electron chi connectivity index (χ0n) is 35.2. The monoisotopic (exact) mass is 700 g/mol. The van der Waals surface area contributed by atoms with E-state index >= 15 is 0 Å². The molecule has 1 aromatic rings. The van der Waals surface area contributed by atoms with Gasteiger partial charge in [-0.2, -0.15) is 0 Å². The molecule has 1 rings (SSSR count). The van der Waals surface area contributed by atoms with Crippen LogP contribution in [0.2, 0.25) is 0 Å². The number of hydrogen-bond acceptors (Lipinski definition) is 0. The van der Waals surface area contributed by atoms with Crippen LogP contribution in [0.3, 0.4) is 0 Å². The molecule has 0 radical (unpaired) electrons. The lowest BCUT2D eigenvalue weighted by atomic mass is 10.0. The van der Waals surface area contributed by atoms with Gasteiger partial charge >= 0.3 is 0 Å². The van der Waals surface area contributed by atoms with Gasteiger partial charge in [0.2, 0.25) is 0 Å². The van der Waals surface area contributed by atoms with Crippen LogP contribution < -0.4 is 4.57 Å². The van der Waals surface area contributed by atoms with Crippen molar-refractivity contribution in [2.45, 2.75) is 291 Å². The SMILES string of the molecule is CCCCCCCCCCCCCCCCc1n(CCCCCCCCCCCCC)cc[n+]1CCCCCCCCCCCCCCCC. The average molecular weight is 700 g/mol. The fourth-order valence-corrected chi connectivity index (χ4v) is 8.09. The molecule has 2 heteroatoms. The van der Waals surface area contributed by atoms with Gasteiger partial charge < -0.3 is 0 Å². The van der Waals surface area contributed by atoms with Crippen molar-refractivity contribution in [2.24, 2.45) is 0 Å². The molecule has 0 unspecified atom stereocenters. The Labute approximate surface area is 317 Å². The van der Waals surface area contributed by atoms with Gasteiger partial charge in [0.15, 0.2) is 0 Å². The summed E-state index contributed by atoms with van der Waals surface area (Å²) in [5.41, 5.74) is 0. The summed E-state index contributed by atoms with van der Waals surface area (Å²) in [5, 5.41) is 0. The number of imidazole rings is 1. The Morgan fingerprint density at radius 2 is 0.620 bits per heavy atom. The largest absolute Gasteiger partial charge is 0.256 e. The van der Waals surface area contributed by atoms with Crippen LogP contribution in [0.15, 0.2) is 12.4 Å². The van der Waals surface area contributed by atoms with Crippen molar-refractivity contribution in [1.29, 1.82) is 0 Å². The topological polar surface area (TPSA) is 8.81 Å². The fraction of sp³-hybridized carbons (Fsp3) is 0.938. The first-order valence-corrected chi connectivity index (χ1v) is 23.9. The van der Waals surface area contributed by atoms with E-state index in [0.717, 1.165) is 0 Å². The van der Waals surface area contributed by atoms with E-state index in [1.54, 1.807) is 5.82 Å². The molecule has 0 saturated carbocycles. The van der Waals surface area contributed by atoms with Crippen molar-refractivity contribution in [3.8, 4) is 0 Å². The van der Waals surface area contributed by atoms with Gasteiger partial charge in [0.25, 0.3) is 5.82 Å². The highest BCUT2D eigenvalue weighted by atomic mass is 15.1. The third kappa shape index (κ3) is 30.8. The van der Waals surface area contributed by atoms with Crippen LogP contribution in [-0.4, -0.2) is 4.57 Å². The summed E-state index contributed by atoms with van der Waals surface area (Å²) < 4.78 is 5.31. The van der Waals surface area contributed by atoms with Gasteiger partial charge in [-0.05, 0) is 32.1 Å². The maximum Gasteiger partial charge on any atom is 0.256 e. The summed E-state index contributed by atoms with van der Waals surface area (Å²) in [7, 11) is 0. The average Bonchev–Trinajstić information content (AvgIpc) is 3.51. The predicted octanol–water partition coefficient (Wildman–Crippen LogP) is 16.6. The molecule has 1 aromatic heterocycles. The summed E-state index contributed by atoms with van der Waals surface area (Å²) >= 11 is 0. The predicted molar refractivity (Wildman–Crippen MR) is 225 cm³/mol. The van der Waals surface area contributed by atoms with Crippen LogP contribution in [0.5, 0.6) is 0 Å². The molecule has 0 fully saturated rings. The first-order valence-electron chi connectivity index (χ1n) is 23.9. The molecule has 0 aliphatic carbocycles. The summed E-state index contributed by atoms with van der Waals surface area (Å²) in [6.45, 7) is 9.41. The van der Waals surface area contributed by atoms with Gasteiger partial charge in [0, 0.05) is 6.42 Å². The second kappa shape index (κ2) is 39.4. The van der Waals surface area contributed by atoms with Crippen molar-refractivity contribution < 1.29 is 4.57 Å². The Morgan fingerprint density at radius 3 is 0.960 bits per heavy atom. The lowest BCUT2D eigenvalue weighted by Gasteiger charge is -2.07. The van der Waals surface area contributed by atoms with Crippen molar-refractivity contribution in [2.75, 3.05) is 0 Å². The molecular weight excluding hydrogens is 605 g/mol. The van der Waals surface area contributed by atoms with Crippen molar-refractivity contribution in [3.63, 3.8) is 0 Å². The molecular formula is C48H95N2+. The summed E-state index contributed by atoms with van der Waals surface area (Å²) in [5.74, 6) is 1.63. The second-order valence-electron chi connectivity index (χ2n) is 16.6. The highest BCUT2D eigenvalue weighted by Crippen LogP contribution is 2.16. The molecule has 0 atom stereocenters. The Morgan fingerprint density at radius 1 is 0.340 bits per heavy atom. The van der Waals surface area contributed by atoms with Crippen LogP contribution in [-0.2, 0) is 19.5 Å². The van der Waals surface area contributed by atoms with E-state index in [4.69, 9.17) is 0 Å². The van der Waals surface area contributed by atoms with Gasteiger partial charge in [0.05, 0.1) is 13.1 Å². The fourth-order valence-electron chi connectivity index (χ4n) is 8.09. The van der Waals surface area contributed by atoms with Crippen molar-refractivity contribution in [3.05, 3.63) is 18.2 Å². The van der Waals surface area contributed by atoms with Crippen LogP contribution in [0.1, 0.15) is 277 Å². The Balaban J connectivity index is 2.27. The molecule has 0 spiro atoms. The van der Waals surface area contributed by atoms with Gasteiger partial charge in [0.1, 0.15) is 12.4 Å². The first kappa shape index (κ1) is 47.2. The second-order valence-corrected chi connectivity index (χ2v) is 16.6. The minimum atomic E-state index is 1.23. The Hall–Kier alpha value is -0.790. The number of aromatic nitrogens is 2. The zero-order chi connectivity index (χ0) is 35.8. The van der Waals surface area contributed by atoms with E-state index in [1.165, 1.54) is 270 Å². The van der Waals surface area contributed by atoms with Gasteiger partial charge in [-0.15, -0.1) is 0 Å². The molecule has 0 saturated heterocycles. The van der Waals surface area contributed by atoms with E-state index in [2.05, 4.69) is 42.3 Å². The molecule has 0 N–H and O–H groups in total. The number of rotatable bonds is 42. The van der Waals surface area contributed by atoms with E-state index in [0.29, 0.717) is 0 Å². The maximum atomic E-state index is 2.65. The number of aryl methyl sites for hydroxylation is 2. The highest BCUT2D eigenvalue weighted by molar-refractivity contribution is 4.84. The van der Waals surface area contributed by atoms with Crippen LogP contribution in [0.25, 0.3) is 0 Å². The van der Waals surface area contributed by atoms with E-state index < -0.39 is 0 Å². The van der Waals surface area contributed by atoms with Crippen LogP contribution in [0.4, 0.5) is 0 Å². The Kier molecular flexibility index (Phi) is 37.2. The van der Waals surface area contributed by atoms with Crippen molar-refractivity contribution in [1.82, 2.24) is 4.57 Å². The van der Waals surface area contributed by atoms with Crippen LogP contribution >= 0.6 is 0 Å². The zero-order valence-corrected chi connectivity index (χ0v) is 35.2. The molecule has 50 heavy (non-hydrogen) atoms. The molecule has 1 heterocycles. The standard InChI is InChI=1S/C48H95N2/c1-4-7-10-13-16-19-22-24-26-28-31-34-37-40-43-48-49(44-41-38-35-32-29-21-18-15-12-9-6-3)46-47-50(48)45-42-39-36-33-30-27-25-23-20-17-14-11-8-5-2/h46-47H,4-45H2,1-3H3/q+1. The molecule has 0 bridgehead atoms. The third-order valence-electron chi connectivity index (χ3n) is 11.6. The van der Waals surface area contributed by atoms with E-state index in [9.17, 15) is 0 Å². The third-order valence-corrected chi connectivity index (χ3v) is 11.6. The lowest BCUT2D eigenvalue weighted by Crippen LogP contribution is -2.37. The summed E-state index contributed by atoms with van der Waals surface area (Å²) in [6.07, 6.45) is 62.3. The molecule has 0 aromatic carbocycles. The van der Waals surface area contributed by atoms with Crippen LogP contribution in [0, 0.1) is 0 Å². The minimum absolute atomic E-state index is 1.23. The molecule has 0 aliphatic rings.